The van der Waals surface area contributed by atoms with Gasteiger partial charge in [0.15, 0.2) is 0 Å². The minimum atomic E-state index is 0.472. The van der Waals surface area contributed by atoms with Crippen LogP contribution in [-0.2, 0) is 19.9 Å². The molecule has 0 aliphatic carbocycles. The number of nitrogens with two attached hydrogens (primary N) is 1. The van der Waals surface area contributed by atoms with Crippen molar-refractivity contribution in [3.05, 3.63) is 41.2 Å². The molecule has 1 aromatic heterocycles. The average molecular weight is 216 g/mol. The Morgan fingerprint density at radius 2 is 1.94 bits per heavy atom. The van der Waals surface area contributed by atoms with Gasteiger partial charge in [0.25, 0.3) is 0 Å². The van der Waals surface area contributed by atoms with Crippen molar-refractivity contribution >= 4 is 5.95 Å². The first-order valence-corrected chi connectivity index (χ1v) is 5.36. The summed E-state index contributed by atoms with van der Waals surface area (Å²) in [7, 11) is 1.89. The number of benzene rings is 1. The van der Waals surface area contributed by atoms with Gasteiger partial charge in [-0.1, -0.05) is 24.3 Å². The summed E-state index contributed by atoms with van der Waals surface area (Å²) in [6, 6.07) is 8.39. The van der Waals surface area contributed by atoms with E-state index in [9.17, 15) is 0 Å². The van der Waals surface area contributed by atoms with Crippen molar-refractivity contribution < 1.29 is 0 Å². The Hall–Kier alpha value is -1.84. The van der Waals surface area contributed by atoms with Crippen molar-refractivity contribution in [1.82, 2.24) is 14.8 Å². The Kier molecular flexibility index (Phi) is 2.90. The smallest absolute Gasteiger partial charge is 0.221 e. The summed E-state index contributed by atoms with van der Waals surface area (Å²) in [5.41, 5.74) is 8.30. The van der Waals surface area contributed by atoms with E-state index in [1.807, 2.05) is 11.6 Å². The molecule has 0 amide bonds. The first kappa shape index (κ1) is 10.7. The summed E-state index contributed by atoms with van der Waals surface area (Å²) < 4.78 is 1.83. The number of hydrogen-bond donors (Lipinski definition) is 1. The third kappa shape index (κ3) is 2.05. The molecule has 0 atom stereocenters. The van der Waals surface area contributed by atoms with Gasteiger partial charge in [0, 0.05) is 13.5 Å². The molecule has 0 radical (unpaired) electrons. The highest BCUT2D eigenvalue weighted by Gasteiger charge is 2.06. The van der Waals surface area contributed by atoms with E-state index in [1.54, 1.807) is 0 Å². The van der Waals surface area contributed by atoms with E-state index in [0.29, 0.717) is 5.95 Å². The van der Waals surface area contributed by atoms with E-state index in [0.717, 1.165) is 18.7 Å². The molecule has 16 heavy (non-hydrogen) atoms. The molecule has 0 aliphatic heterocycles. The molecule has 4 heteroatoms. The Bertz CT molecular complexity index is 488. The molecule has 0 aliphatic rings. The van der Waals surface area contributed by atoms with Crippen molar-refractivity contribution in [3.63, 3.8) is 0 Å². The van der Waals surface area contributed by atoms with Gasteiger partial charge in [0.1, 0.15) is 5.82 Å². The fraction of sp³-hybridized carbons (Fsp3) is 0.333. The van der Waals surface area contributed by atoms with Crippen LogP contribution in [-0.4, -0.2) is 14.8 Å². The van der Waals surface area contributed by atoms with Crippen LogP contribution in [0, 0.1) is 6.92 Å². The van der Waals surface area contributed by atoms with Gasteiger partial charge in [-0.15, -0.1) is 10.2 Å². The van der Waals surface area contributed by atoms with Crippen LogP contribution in [0.25, 0.3) is 0 Å². The molecule has 0 saturated carbocycles. The molecule has 1 aromatic carbocycles. The maximum absolute atomic E-state index is 5.63. The number of aryl methyl sites for hydroxylation is 3. The van der Waals surface area contributed by atoms with Crippen LogP contribution < -0.4 is 5.73 Å². The van der Waals surface area contributed by atoms with Gasteiger partial charge in [0.05, 0.1) is 0 Å². The van der Waals surface area contributed by atoms with E-state index in [4.69, 9.17) is 5.73 Å². The van der Waals surface area contributed by atoms with E-state index < -0.39 is 0 Å². The average Bonchev–Trinajstić information content (AvgIpc) is 2.59. The Morgan fingerprint density at radius 3 is 2.56 bits per heavy atom. The predicted molar refractivity (Wildman–Crippen MR) is 64.0 cm³/mol. The third-order valence-electron chi connectivity index (χ3n) is 2.88. The number of anilines is 1. The molecule has 2 N–H and O–H groups in total. The minimum Gasteiger partial charge on any atom is -0.368 e. The maximum Gasteiger partial charge on any atom is 0.221 e. The van der Waals surface area contributed by atoms with Crippen LogP contribution in [0.2, 0.25) is 0 Å². The highest BCUT2D eigenvalue weighted by Crippen LogP contribution is 2.11. The van der Waals surface area contributed by atoms with Crippen LogP contribution in [0.1, 0.15) is 17.0 Å². The molecule has 84 valence electrons. The number of rotatable bonds is 3. The summed E-state index contributed by atoms with van der Waals surface area (Å²) in [6.45, 7) is 2.13. The standard InChI is InChI=1S/C12H16N4/c1-9-5-3-4-6-10(9)7-8-11-14-15-12(13)16(11)2/h3-6H,7-8H2,1-2H3,(H2,13,15). The van der Waals surface area contributed by atoms with Crippen molar-refractivity contribution in [3.8, 4) is 0 Å². The highest BCUT2D eigenvalue weighted by molar-refractivity contribution is 5.26. The molecule has 0 fully saturated rings. The summed E-state index contributed by atoms with van der Waals surface area (Å²) >= 11 is 0. The van der Waals surface area contributed by atoms with Crippen molar-refractivity contribution in [2.75, 3.05) is 5.73 Å². The SMILES string of the molecule is Cc1ccccc1CCc1nnc(N)n1C. The zero-order chi connectivity index (χ0) is 11.5. The number of aromatic nitrogens is 3. The van der Waals surface area contributed by atoms with E-state index in [1.165, 1.54) is 11.1 Å². The maximum atomic E-state index is 5.63. The lowest BCUT2D eigenvalue weighted by Crippen LogP contribution is -2.03. The molecular formula is C12H16N4. The van der Waals surface area contributed by atoms with Crippen LogP contribution >= 0.6 is 0 Å². The van der Waals surface area contributed by atoms with Gasteiger partial charge in [-0.25, -0.2) is 0 Å². The van der Waals surface area contributed by atoms with E-state index >= 15 is 0 Å². The number of nitrogen functional groups attached to an aromatic ring is 1. The van der Waals surface area contributed by atoms with Crippen molar-refractivity contribution in [2.24, 2.45) is 7.05 Å². The lowest BCUT2D eigenvalue weighted by Gasteiger charge is -2.05. The van der Waals surface area contributed by atoms with E-state index in [2.05, 4.69) is 41.4 Å². The van der Waals surface area contributed by atoms with Gasteiger partial charge in [-0.2, -0.15) is 0 Å². The van der Waals surface area contributed by atoms with Gasteiger partial charge in [-0.3, -0.25) is 0 Å². The van der Waals surface area contributed by atoms with Crippen LogP contribution in [0.5, 0.6) is 0 Å². The topological polar surface area (TPSA) is 56.7 Å². The van der Waals surface area contributed by atoms with Gasteiger partial charge in [0.2, 0.25) is 5.95 Å². The molecule has 2 rings (SSSR count). The quantitative estimate of drug-likeness (QED) is 0.845. The summed E-state index contributed by atoms with van der Waals surface area (Å²) in [4.78, 5) is 0. The molecule has 0 bridgehead atoms. The Morgan fingerprint density at radius 1 is 1.19 bits per heavy atom. The Labute approximate surface area is 95.1 Å². The van der Waals surface area contributed by atoms with Crippen molar-refractivity contribution in [1.29, 1.82) is 0 Å². The summed E-state index contributed by atoms with van der Waals surface area (Å²) in [5.74, 6) is 1.40. The zero-order valence-corrected chi connectivity index (χ0v) is 9.64. The van der Waals surface area contributed by atoms with Crippen LogP contribution in [0.3, 0.4) is 0 Å². The Balaban J connectivity index is 2.08. The first-order chi connectivity index (χ1) is 7.68. The summed E-state index contributed by atoms with van der Waals surface area (Å²) in [5, 5.41) is 7.89. The van der Waals surface area contributed by atoms with E-state index in [-0.39, 0.29) is 0 Å². The molecule has 0 spiro atoms. The second kappa shape index (κ2) is 4.35. The largest absolute Gasteiger partial charge is 0.368 e. The minimum absolute atomic E-state index is 0.472. The van der Waals surface area contributed by atoms with Crippen molar-refractivity contribution in [2.45, 2.75) is 19.8 Å². The first-order valence-electron chi connectivity index (χ1n) is 5.36. The summed E-state index contributed by atoms with van der Waals surface area (Å²) in [6.07, 6.45) is 1.84. The molecule has 2 aromatic rings. The second-order valence-electron chi connectivity index (χ2n) is 3.96. The molecular weight excluding hydrogens is 200 g/mol. The fourth-order valence-electron chi connectivity index (χ4n) is 1.73. The normalized spacial score (nSPS) is 10.6. The monoisotopic (exact) mass is 216 g/mol. The fourth-order valence-corrected chi connectivity index (χ4v) is 1.73. The highest BCUT2D eigenvalue weighted by atomic mass is 15.3. The molecule has 1 heterocycles. The zero-order valence-electron chi connectivity index (χ0n) is 9.64. The molecule has 4 nitrogen and oxygen atoms in total. The third-order valence-corrected chi connectivity index (χ3v) is 2.88. The lowest BCUT2D eigenvalue weighted by molar-refractivity contribution is 0.772. The number of hydrogen-bond acceptors (Lipinski definition) is 3. The molecule has 0 saturated heterocycles. The lowest BCUT2D eigenvalue weighted by atomic mass is 10.0. The predicted octanol–water partition coefficient (Wildman–Crippen LogP) is 1.49. The second-order valence-corrected chi connectivity index (χ2v) is 3.96. The van der Waals surface area contributed by atoms with Gasteiger partial charge >= 0.3 is 0 Å². The van der Waals surface area contributed by atoms with Gasteiger partial charge in [-0.05, 0) is 24.5 Å². The molecule has 0 unspecified atom stereocenters. The van der Waals surface area contributed by atoms with Gasteiger partial charge < -0.3 is 10.3 Å². The number of nitrogens with zero attached hydrogens (tertiary/aromatic N) is 3. The van der Waals surface area contributed by atoms with Crippen LogP contribution in [0.15, 0.2) is 24.3 Å². The van der Waals surface area contributed by atoms with Crippen LogP contribution in [0.4, 0.5) is 5.95 Å².